The second-order valence-corrected chi connectivity index (χ2v) is 6.43. The monoisotopic (exact) mass is 465 g/mol. The summed E-state index contributed by atoms with van der Waals surface area (Å²) < 4.78 is 47.1. The first-order chi connectivity index (χ1) is 14.9. The van der Waals surface area contributed by atoms with E-state index in [1.165, 1.54) is 20.0 Å². The highest BCUT2D eigenvalue weighted by molar-refractivity contribution is 6.09. The zero-order chi connectivity index (χ0) is 24.7. The Balaban J connectivity index is 0.00000118. The number of carbonyl (C=O) groups is 4. The average molecular weight is 465 g/mol. The van der Waals surface area contributed by atoms with Crippen LogP contribution in [0.25, 0.3) is 0 Å². The third kappa shape index (κ3) is 13.4. The summed E-state index contributed by atoms with van der Waals surface area (Å²) in [5.74, 6) is -4.25. The van der Waals surface area contributed by atoms with Crippen molar-refractivity contribution in [3.05, 3.63) is 29.6 Å². The van der Waals surface area contributed by atoms with Crippen molar-refractivity contribution in [3.8, 4) is 0 Å². The number of halogens is 3. The fraction of sp³-hybridized carbons (Fsp3) is 0.550. The van der Waals surface area contributed by atoms with Gasteiger partial charge in [0.15, 0.2) is 5.78 Å². The van der Waals surface area contributed by atoms with Crippen LogP contribution in [0.4, 0.5) is 13.2 Å². The van der Waals surface area contributed by atoms with Crippen molar-refractivity contribution in [1.29, 1.82) is 0 Å². The third-order valence-corrected chi connectivity index (χ3v) is 3.67. The molecule has 9 nitrogen and oxygen atoms in total. The van der Waals surface area contributed by atoms with Crippen molar-refractivity contribution in [2.45, 2.75) is 33.4 Å². The Morgan fingerprint density at radius 2 is 1.53 bits per heavy atom. The largest absolute Gasteiger partial charge is 0.490 e. The standard InChI is InChI=1S/C18H25NO6.C2HF3O2/c1-13-10-16(12-19-11-13)18(22)17(14(2)20)4-5-23-6-7-24-8-9-25-15(3)21;3-2(4,5)1(6)7/h10-12,17H,4-9H2,1-3H3;(H,6,7). The fourth-order valence-corrected chi connectivity index (χ4v) is 2.18. The van der Waals surface area contributed by atoms with Crippen molar-refractivity contribution in [3.63, 3.8) is 0 Å². The van der Waals surface area contributed by atoms with E-state index in [0.717, 1.165) is 5.56 Å². The lowest BCUT2D eigenvalue weighted by Gasteiger charge is -2.13. The summed E-state index contributed by atoms with van der Waals surface area (Å²) in [5.41, 5.74) is 1.31. The van der Waals surface area contributed by atoms with Crippen molar-refractivity contribution in [1.82, 2.24) is 4.98 Å². The van der Waals surface area contributed by atoms with Crippen molar-refractivity contribution in [2.75, 3.05) is 33.0 Å². The van der Waals surface area contributed by atoms with E-state index in [4.69, 9.17) is 24.1 Å². The molecule has 180 valence electrons. The van der Waals surface area contributed by atoms with Crippen LogP contribution in [-0.4, -0.2) is 72.8 Å². The van der Waals surface area contributed by atoms with E-state index in [-0.39, 0.29) is 30.7 Å². The van der Waals surface area contributed by atoms with Gasteiger partial charge in [-0.15, -0.1) is 0 Å². The van der Waals surface area contributed by atoms with Crippen LogP contribution in [-0.2, 0) is 28.6 Å². The van der Waals surface area contributed by atoms with Gasteiger partial charge in [0, 0.05) is 31.5 Å². The summed E-state index contributed by atoms with van der Waals surface area (Å²) in [7, 11) is 0. The molecule has 32 heavy (non-hydrogen) atoms. The number of ether oxygens (including phenoxy) is 3. The fourth-order valence-electron chi connectivity index (χ4n) is 2.18. The average Bonchev–Trinajstić information content (AvgIpc) is 2.68. The number of alkyl halides is 3. The number of hydrogen-bond acceptors (Lipinski definition) is 8. The summed E-state index contributed by atoms with van der Waals surface area (Å²) in [6, 6.07) is 1.73. The van der Waals surface area contributed by atoms with Gasteiger partial charge in [-0.3, -0.25) is 19.4 Å². The minimum absolute atomic E-state index is 0.187. The Morgan fingerprint density at radius 3 is 2.00 bits per heavy atom. The highest BCUT2D eigenvalue weighted by atomic mass is 19.4. The molecule has 12 heteroatoms. The number of aromatic nitrogens is 1. The summed E-state index contributed by atoms with van der Waals surface area (Å²) in [6.07, 6.45) is -1.64. The van der Waals surface area contributed by atoms with E-state index >= 15 is 0 Å². The number of rotatable bonds is 12. The predicted molar refractivity (Wildman–Crippen MR) is 104 cm³/mol. The molecule has 0 bridgehead atoms. The predicted octanol–water partition coefficient (Wildman–Crippen LogP) is 2.40. The van der Waals surface area contributed by atoms with Crippen LogP contribution in [0.5, 0.6) is 0 Å². The van der Waals surface area contributed by atoms with E-state index in [9.17, 15) is 27.6 Å². The number of hydrogen-bond donors (Lipinski definition) is 1. The van der Waals surface area contributed by atoms with Crippen molar-refractivity contribution >= 4 is 23.5 Å². The van der Waals surface area contributed by atoms with Crippen LogP contribution in [0.15, 0.2) is 18.5 Å². The molecule has 1 unspecified atom stereocenters. The molecule has 1 aromatic rings. The van der Waals surface area contributed by atoms with Gasteiger partial charge in [0.2, 0.25) is 0 Å². The van der Waals surface area contributed by atoms with E-state index in [2.05, 4.69) is 4.98 Å². The van der Waals surface area contributed by atoms with E-state index in [1.807, 2.05) is 6.92 Å². The second kappa shape index (κ2) is 15.0. The SMILES string of the molecule is CC(=O)OCCOCCOCCC(C(C)=O)C(=O)c1cncc(C)c1.O=C(O)C(F)(F)F. The van der Waals surface area contributed by atoms with Crippen LogP contribution in [0.2, 0.25) is 0 Å². The molecule has 1 rings (SSSR count). The molecular formula is C20H26F3NO8. The topological polar surface area (TPSA) is 129 Å². The van der Waals surface area contributed by atoms with E-state index < -0.39 is 18.1 Å². The number of esters is 1. The lowest BCUT2D eigenvalue weighted by Crippen LogP contribution is -2.24. The molecule has 0 saturated carbocycles. The van der Waals surface area contributed by atoms with Gasteiger partial charge >= 0.3 is 18.1 Å². The van der Waals surface area contributed by atoms with Crippen molar-refractivity contribution < 1.29 is 51.7 Å². The van der Waals surface area contributed by atoms with Crippen LogP contribution < -0.4 is 0 Å². The lowest BCUT2D eigenvalue weighted by molar-refractivity contribution is -0.192. The number of carbonyl (C=O) groups excluding carboxylic acids is 3. The molecule has 0 aromatic carbocycles. The minimum atomic E-state index is -5.08. The molecule has 0 saturated heterocycles. The number of aliphatic carboxylic acids is 1. The zero-order valence-corrected chi connectivity index (χ0v) is 17.9. The molecule has 0 amide bonds. The normalized spacial score (nSPS) is 11.7. The van der Waals surface area contributed by atoms with Crippen LogP contribution in [0.3, 0.4) is 0 Å². The molecule has 0 aliphatic rings. The van der Waals surface area contributed by atoms with Crippen LogP contribution >= 0.6 is 0 Å². The van der Waals surface area contributed by atoms with Crippen LogP contribution in [0, 0.1) is 12.8 Å². The molecule has 0 aliphatic carbocycles. The Hall–Kier alpha value is -2.86. The van der Waals surface area contributed by atoms with Crippen molar-refractivity contribution in [2.24, 2.45) is 5.92 Å². The highest BCUT2D eigenvalue weighted by Gasteiger charge is 2.38. The van der Waals surface area contributed by atoms with Gasteiger partial charge in [0.25, 0.3) is 0 Å². The number of pyridine rings is 1. The van der Waals surface area contributed by atoms with E-state index in [0.29, 0.717) is 31.8 Å². The van der Waals surface area contributed by atoms with Gasteiger partial charge in [0.05, 0.1) is 25.7 Å². The van der Waals surface area contributed by atoms with Gasteiger partial charge in [-0.25, -0.2) is 4.79 Å². The summed E-state index contributed by atoms with van der Waals surface area (Å²) in [6.45, 7) is 6.07. The quantitative estimate of drug-likeness (QED) is 0.214. The Morgan fingerprint density at radius 1 is 1.00 bits per heavy atom. The zero-order valence-electron chi connectivity index (χ0n) is 17.9. The smallest absolute Gasteiger partial charge is 0.475 e. The Labute approximate surface area is 182 Å². The minimum Gasteiger partial charge on any atom is -0.475 e. The van der Waals surface area contributed by atoms with Gasteiger partial charge in [-0.1, -0.05) is 0 Å². The van der Waals surface area contributed by atoms with Gasteiger partial charge < -0.3 is 19.3 Å². The number of carboxylic acid groups (broad SMARTS) is 1. The first-order valence-corrected chi connectivity index (χ1v) is 9.41. The van der Waals surface area contributed by atoms with Gasteiger partial charge in [-0.2, -0.15) is 13.2 Å². The highest BCUT2D eigenvalue weighted by Crippen LogP contribution is 2.15. The lowest BCUT2D eigenvalue weighted by atomic mass is 9.92. The number of aryl methyl sites for hydroxylation is 1. The molecule has 0 spiro atoms. The molecule has 1 atom stereocenters. The third-order valence-electron chi connectivity index (χ3n) is 3.67. The van der Waals surface area contributed by atoms with Crippen LogP contribution in [0.1, 0.15) is 36.2 Å². The molecule has 1 aromatic heterocycles. The Bertz CT molecular complexity index is 767. The molecule has 0 radical (unpaired) electrons. The number of Topliss-reactive ketones (excluding diaryl/α,β-unsaturated/α-hetero) is 2. The Kier molecular flexibility index (Phi) is 13.7. The molecule has 0 fully saturated rings. The van der Waals surface area contributed by atoms with Gasteiger partial charge in [-0.05, 0) is 31.9 Å². The maximum atomic E-state index is 12.4. The maximum absolute atomic E-state index is 12.4. The number of carboxylic acids is 1. The first kappa shape index (κ1) is 29.1. The summed E-state index contributed by atoms with van der Waals surface area (Å²) in [5, 5.41) is 7.12. The first-order valence-electron chi connectivity index (χ1n) is 9.41. The number of nitrogens with zero attached hydrogens (tertiary/aromatic N) is 1. The molecule has 1 heterocycles. The maximum Gasteiger partial charge on any atom is 0.490 e. The molecule has 1 N–H and O–H groups in total. The second-order valence-electron chi connectivity index (χ2n) is 6.43. The van der Waals surface area contributed by atoms with E-state index in [1.54, 1.807) is 12.3 Å². The molecule has 0 aliphatic heterocycles. The number of ketones is 2. The molecular weight excluding hydrogens is 439 g/mol. The van der Waals surface area contributed by atoms with Gasteiger partial charge in [0.1, 0.15) is 12.4 Å². The summed E-state index contributed by atoms with van der Waals surface area (Å²) >= 11 is 0. The summed E-state index contributed by atoms with van der Waals surface area (Å²) in [4.78, 5) is 47.7.